The van der Waals surface area contributed by atoms with E-state index in [4.69, 9.17) is 25.8 Å². The maximum Gasteiger partial charge on any atom is 0.405 e. The van der Waals surface area contributed by atoms with E-state index in [0.29, 0.717) is 11.3 Å². The summed E-state index contributed by atoms with van der Waals surface area (Å²) in [6.45, 7) is 2.41. The number of hydrogen-bond donors (Lipinski definition) is 1. The summed E-state index contributed by atoms with van der Waals surface area (Å²) in [5, 5.41) is 9.28. The standard InChI is InChI=1S/C14H13BrClF2O5PS/c1-3-22-24(21,23-4-2)14(17,18)12-10(15)8-5-7(13(19)20)6-9(16)11(8)25-12/h5-6H,3-4H2,1-2H3,(H,19,20). The highest BCUT2D eigenvalue weighted by atomic mass is 79.9. The maximum absolute atomic E-state index is 15.0. The van der Waals surface area contributed by atoms with Crippen molar-refractivity contribution < 1.29 is 32.3 Å². The minimum Gasteiger partial charge on any atom is -0.478 e. The molecule has 25 heavy (non-hydrogen) atoms. The Balaban J connectivity index is 2.71. The molecule has 1 heterocycles. The molecule has 5 nitrogen and oxygen atoms in total. The van der Waals surface area contributed by atoms with Crippen LogP contribution in [0.5, 0.6) is 0 Å². The van der Waals surface area contributed by atoms with E-state index in [-0.39, 0.29) is 38.4 Å². The molecule has 1 aromatic heterocycles. The Hall–Kier alpha value is -0.570. The first kappa shape index (κ1) is 20.7. The number of carboxylic acid groups (broad SMARTS) is 1. The molecular weight excluding hydrogens is 465 g/mol. The van der Waals surface area contributed by atoms with Crippen LogP contribution in [0.3, 0.4) is 0 Å². The molecular formula is C14H13BrClF2O5PS. The summed E-state index contributed by atoms with van der Waals surface area (Å²) in [7, 11) is -4.78. The molecule has 2 rings (SSSR count). The Labute approximate surface area is 159 Å². The zero-order valence-electron chi connectivity index (χ0n) is 13.0. The van der Waals surface area contributed by atoms with Gasteiger partial charge in [-0.1, -0.05) is 11.6 Å². The molecule has 0 saturated heterocycles. The second kappa shape index (κ2) is 7.58. The van der Waals surface area contributed by atoms with Crippen molar-refractivity contribution in [2.75, 3.05) is 13.2 Å². The Morgan fingerprint density at radius 3 is 2.40 bits per heavy atom. The number of aromatic carboxylic acids is 1. The highest BCUT2D eigenvalue weighted by Crippen LogP contribution is 2.69. The first-order valence-corrected chi connectivity index (χ1v) is 10.5. The topological polar surface area (TPSA) is 72.8 Å². The van der Waals surface area contributed by atoms with Crippen LogP contribution in [0.15, 0.2) is 16.6 Å². The Kier molecular flexibility index (Phi) is 6.29. The van der Waals surface area contributed by atoms with Crippen molar-refractivity contribution in [3.63, 3.8) is 0 Å². The van der Waals surface area contributed by atoms with Gasteiger partial charge in [-0.2, -0.15) is 8.78 Å². The highest BCUT2D eigenvalue weighted by Gasteiger charge is 2.57. The molecule has 0 unspecified atom stereocenters. The average molecular weight is 478 g/mol. The number of alkyl halides is 2. The lowest BCUT2D eigenvalue weighted by Crippen LogP contribution is -2.17. The molecule has 0 radical (unpaired) electrons. The Bertz CT molecular complexity index is 863. The van der Waals surface area contributed by atoms with E-state index in [1.807, 2.05) is 0 Å². The molecule has 0 spiro atoms. The fraction of sp³-hybridized carbons (Fsp3) is 0.357. The van der Waals surface area contributed by atoms with Gasteiger partial charge in [0.1, 0.15) is 4.88 Å². The van der Waals surface area contributed by atoms with Gasteiger partial charge in [0, 0.05) is 9.86 Å². The van der Waals surface area contributed by atoms with Crippen LogP contribution in [0.2, 0.25) is 5.02 Å². The van der Waals surface area contributed by atoms with E-state index in [0.717, 1.165) is 0 Å². The van der Waals surface area contributed by atoms with Crippen LogP contribution in [0.25, 0.3) is 10.1 Å². The fourth-order valence-corrected chi connectivity index (χ4v) is 6.40. The zero-order valence-corrected chi connectivity index (χ0v) is 17.1. The van der Waals surface area contributed by atoms with E-state index in [1.165, 1.54) is 26.0 Å². The molecule has 0 aliphatic heterocycles. The number of carboxylic acids is 1. The predicted octanol–water partition coefficient (Wildman–Crippen LogP) is 6.33. The minimum atomic E-state index is -4.78. The first-order chi connectivity index (χ1) is 11.6. The number of thiophene rings is 1. The molecule has 0 saturated carbocycles. The third-order valence-corrected chi connectivity index (χ3v) is 8.21. The molecule has 0 aliphatic rings. The SMILES string of the molecule is CCOP(=O)(OCC)C(F)(F)c1sc2c(Cl)cc(C(=O)O)cc2c1Br. The lowest BCUT2D eigenvalue weighted by Gasteiger charge is -2.25. The van der Waals surface area contributed by atoms with Crippen molar-refractivity contribution in [1.29, 1.82) is 0 Å². The molecule has 0 bridgehead atoms. The molecule has 1 N–H and O–H groups in total. The van der Waals surface area contributed by atoms with Gasteiger partial charge in [0.2, 0.25) is 0 Å². The quantitative estimate of drug-likeness (QED) is 0.472. The van der Waals surface area contributed by atoms with Crippen LogP contribution in [-0.4, -0.2) is 24.3 Å². The molecule has 0 atom stereocenters. The molecule has 0 amide bonds. The monoisotopic (exact) mass is 476 g/mol. The van der Waals surface area contributed by atoms with Crippen LogP contribution in [0.1, 0.15) is 29.1 Å². The number of carbonyl (C=O) groups is 1. The van der Waals surface area contributed by atoms with Gasteiger partial charge >= 0.3 is 19.2 Å². The fourth-order valence-electron chi connectivity index (χ4n) is 2.11. The summed E-state index contributed by atoms with van der Waals surface area (Å²) in [6, 6.07) is 2.39. The lowest BCUT2D eigenvalue weighted by molar-refractivity contribution is 0.0387. The van der Waals surface area contributed by atoms with Crippen molar-refractivity contribution in [1.82, 2.24) is 0 Å². The summed E-state index contributed by atoms with van der Waals surface area (Å²) in [4.78, 5) is 10.5. The van der Waals surface area contributed by atoms with E-state index >= 15 is 0 Å². The van der Waals surface area contributed by atoms with Gasteiger partial charge in [0.05, 0.1) is 28.5 Å². The van der Waals surface area contributed by atoms with Gasteiger partial charge in [-0.05, 0) is 41.9 Å². The van der Waals surface area contributed by atoms with E-state index in [1.54, 1.807) is 0 Å². The molecule has 0 aliphatic carbocycles. The van der Waals surface area contributed by atoms with Crippen LogP contribution in [0, 0.1) is 0 Å². The lowest BCUT2D eigenvalue weighted by atomic mass is 10.1. The summed E-state index contributed by atoms with van der Waals surface area (Å²) >= 11 is 9.68. The number of hydrogen-bond acceptors (Lipinski definition) is 5. The van der Waals surface area contributed by atoms with E-state index in [2.05, 4.69) is 15.9 Å². The van der Waals surface area contributed by atoms with Gasteiger partial charge in [-0.15, -0.1) is 11.3 Å². The number of benzene rings is 1. The molecule has 1 aromatic carbocycles. The molecule has 2 aromatic rings. The maximum atomic E-state index is 15.0. The third-order valence-electron chi connectivity index (χ3n) is 3.15. The number of rotatable bonds is 7. The zero-order chi connectivity index (χ0) is 19.0. The molecule has 138 valence electrons. The van der Waals surface area contributed by atoms with Crippen LogP contribution < -0.4 is 0 Å². The Morgan fingerprint density at radius 1 is 1.36 bits per heavy atom. The van der Waals surface area contributed by atoms with Crippen molar-refractivity contribution in [3.05, 3.63) is 32.1 Å². The van der Waals surface area contributed by atoms with Gasteiger partial charge in [-0.3, -0.25) is 4.57 Å². The predicted molar refractivity (Wildman–Crippen MR) is 96.2 cm³/mol. The summed E-state index contributed by atoms with van der Waals surface area (Å²) in [6.07, 6.45) is 0. The molecule has 11 heteroatoms. The van der Waals surface area contributed by atoms with Crippen molar-refractivity contribution in [2.24, 2.45) is 0 Å². The normalized spacial score (nSPS) is 12.7. The average Bonchev–Trinajstić information content (AvgIpc) is 2.86. The summed E-state index contributed by atoms with van der Waals surface area (Å²) in [5.41, 5.74) is -4.09. The van der Waals surface area contributed by atoms with Gasteiger partial charge in [0.25, 0.3) is 0 Å². The number of fused-ring (bicyclic) bond motifs is 1. The number of halogens is 4. The van der Waals surface area contributed by atoms with Crippen molar-refractivity contribution >= 4 is 62.5 Å². The highest BCUT2D eigenvalue weighted by molar-refractivity contribution is 9.10. The van der Waals surface area contributed by atoms with Gasteiger partial charge in [0.15, 0.2) is 0 Å². The van der Waals surface area contributed by atoms with Gasteiger partial charge in [-0.25, -0.2) is 4.79 Å². The third kappa shape index (κ3) is 3.63. The first-order valence-electron chi connectivity index (χ1n) is 7.01. The van der Waals surface area contributed by atoms with Crippen molar-refractivity contribution in [3.8, 4) is 0 Å². The minimum absolute atomic E-state index is 0.00491. The van der Waals surface area contributed by atoms with Crippen LogP contribution in [0.4, 0.5) is 8.78 Å². The largest absolute Gasteiger partial charge is 0.478 e. The molecule has 0 fully saturated rings. The van der Waals surface area contributed by atoms with E-state index < -0.39 is 24.1 Å². The second-order valence-electron chi connectivity index (χ2n) is 4.76. The van der Waals surface area contributed by atoms with Crippen LogP contribution in [-0.2, 0) is 19.3 Å². The van der Waals surface area contributed by atoms with E-state index in [9.17, 15) is 18.1 Å². The van der Waals surface area contributed by atoms with Gasteiger partial charge < -0.3 is 14.2 Å². The Morgan fingerprint density at radius 2 is 1.92 bits per heavy atom. The smallest absolute Gasteiger partial charge is 0.405 e. The van der Waals surface area contributed by atoms with Crippen molar-refractivity contribution in [2.45, 2.75) is 19.5 Å². The summed E-state index contributed by atoms with van der Waals surface area (Å²) < 4.78 is 52.2. The second-order valence-corrected chi connectivity index (χ2v) is 9.05. The van der Waals surface area contributed by atoms with Crippen LogP contribution >= 0.6 is 46.5 Å². The summed E-state index contributed by atoms with van der Waals surface area (Å²) in [5.74, 6) is -1.25.